The molecule has 1 aliphatic rings. The van der Waals surface area contributed by atoms with Crippen LogP contribution in [0.25, 0.3) is 0 Å². The number of halogens is 4. The van der Waals surface area contributed by atoms with Crippen molar-refractivity contribution in [2.24, 2.45) is 5.92 Å². The zero-order chi connectivity index (χ0) is 15.5. The maximum atomic E-state index is 13.5. The molecule has 21 heavy (non-hydrogen) atoms. The van der Waals surface area contributed by atoms with Gasteiger partial charge in [0, 0.05) is 18.6 Å². The Kier molecular flexibility index (Phi) is 5.22. The van der Waals surface area contributed by atoms with Crippen molar-refractivity contribution in [3.05, 3.63) is 35.1 Å². The predicted octanol–water partition coefficient (Wildman–Crippen LogP) is 3.92. The molecule has 6 heteroatoms. The Morgan fingerprint density at radius 1 is 1.38 bits per heavy atom. The molecule has 2 rings (SSSR count). The lowest BCUT2D eigenvalue weighted by Crippen LogP contribution is -2.34. The zero-order valence-corrected chi connectivity index (χ0v) is 11.8. The first-order valence-corrected chi connectivity index (χ1v) is 7.11. The van der Waals surface area contributed by atoms with Gasteiger partial charge in [-0.1, -0.05) is 6.92 Å². The van der Waals surface area contributed by atoms with E-state index in [1.807, 2.05) is 6.92 Å². The summed E-state index contributed by atoms with van der Waals surface area (Å²) in [5, 5.41) is 3.06. The van der Waals surface area contributed by atoms with E-state index in [1.54, 1.807) is 0 Å². The first kappa shape index (κ1) is 16.2. The summed E-state index contributed by atoms with van der Waals surface area (Å²) in [7, 11) is 0. The highest BCUT2D eigenvalue weighted by atomic mass is 19.4. The van der Waals surface area contributed by atoms with Crippen LogP contribution in [0, 0.1) is 11.7 Å². The molecule has 1 aromatic rings. The average molecular weight is 305 g/mol. The number of hydrogen-bond acceptors (Lipinski definition) is 2. The number of alkyl halides is 3. The lowest BCUT2D eigenvalue weighted by Gasteiger charge is -2.32. The first-order valence-electron chi connectivity index (χ1n) is 7.11. The second-order valence-electron chi connectivity index (χ2n) is 5.24. The molecule has 0 spiro atoms. The fourth-order valence-corrected chi connectivity index (χ4v) is 2.83. The highest BCUT2D eigenvalue weighted by molar-refractivity contribution is 5.33. The van der Waals surface area contributed by atoms with Crippen LogP contribution in [0.1, 0.15) is 36.9 Å². The van der Waals surface area contributed by atoms with E-state index in [1.165, 1.54) is 0 Å². The van der Waals surface area contributed by atoms with Crippen molar-refractivity contribution in [2.75, 3.05) is 19.8 Å². The summed E-state index contributed by atoms with van der Waals surface area (Å²) in [5.41, 5.74) is -0.805. The van der Waals surface area contributed by atoms with E-state index < -0.39 is 23.6 Å². The van der Waals surface area contributed by atoms with E-state index in [9.17, 15) is 17.6 Å². The van der Waals surface area contributed by atoms with Crippen LogP contribution < -0.4 is 5.32 Å². The van der Waals surface area contributed by atoms with Gasteiger partial charge in [-0.2, -0.15) is 13.2 Å². The molecule has 0 aliphatic carbocycles. The minimum absolute atomic E-state index is 0.0279. The number of ether oxygens (including phenoxy) is 1. The highest BCUT2D eigenvalue weighted by Gasteiger charge is 2.37. The van der Waals surface area contributed by atoms with Gasteiger partial charge in [-0.15, -0.1) is 0 Å². The Morgan fingerprint density at radius 2 is 2.14 bits per heavy atom. The number of nitrogens with one attached hydrogen (secondary N) is 1. The van der Waals surface area contributed by atoms with E-state index in [4.69, 9.17) is 4.74 Å². The van der Waals surface area contributed by atoms with Crippen LogP contribution in [0.3, 0.4) is 0 Å². The molecule has 0 saturated carbocycles. The molecule has 0 aromatic heterocycles. The average Bonchev–Trinajstić information content (AvgIpc) is 2.44. The van der Waals surface area contributed by atoms with E-state index in [2.05, 4.69) is 5.32 Å². The number of benzene rings is 1. The van der Waals surface area contributed by atoms with Crippen LogP contribution in [0.2, 0.25) is 0 Å². The minimum atomic E-state index is -4.49. The van der Waals surface area contributed by atoms with Crippen molar-refractivity contribution in [1.82, 2.24) is 5.32 Å². The summed E-state index contributed by atoms with van der Waals surface area (Å²) in [6.45, 7) is 3.36. The Hall–Kier alpha value is -1.14. The van der Waals surface area contributed by atoms with Gasteiger partial charge in [0.15, 0.2) is 0 Å². The molecular formula is C15H19F4NO. The van der Waals surface area contributed by atoms with Gasteiger partial charge in [-0.25, -0.2) is 4.39 Å². The molecule has 2 nitrogen and oxygen atoms in total. The summed E-state index contributed by atoms with van der Waals surface area (Å²) in [5.74, 6) is -0.737. The summed E-state index contributed by atoms with van der Waals surface area (Å²) in [6, 6.07) is 2.11. The molecule has 0 radical (unpaired) electrons. The Labute approximate surface area is 121 Å². The van der Waals surface area contributed by atoms with Gasteiger partial charge in [-0.05, 0) is 43.1 Å². The Bertz CT molecular complexity index is 469. The smallest absolute Gasteiger partial charge is 0.381 e. The zero-order valence-electron chi connectivity index (χ0n) is 11.8. The summed E-state index contributed by atoms with van der Waals surface area (Å²) >= 11 is 0. The molecule has 2 atom stereocenters. The standard InChI is InChI=1S/C15H19F4NO/c1-2-20-14(10-4-3-7-21-9-10)12-8-11(16)5-6-13(12)15(17,18)19/h5-6,8,10,14,20H,2-4,7,9H2,1H3. The first-order chi connectivity index (χ1) is 9.93. The summed E-state index contributed by atoms with van der Waals surface area (Å²) in [6.07, 6.45) is -2.92. The molecule has 2 unspecified atom stereocenters. The SMILES string of the molecule is CCNC(c1cc(F)ccc1C(F)(F)F)C1CCCOC1. The van der Waals surface area contributed by atoms with E-state index in [-0.39, 0.29) is 11.5 Å². The van der Waals surface area contributed by atoms with Gasteiger partial charge in [0.2, 0.25) is 0 Å². The normalized spacial score (nSPS) is 21.3. The third-order valence-corrected chi connectivity index (χ3v) is 3.75. The molecule has 1 saturated heterocycles. The van der Waals surface area contributed by atoms with Crippen molar-refractivity contribution >= 4 is 0 Å². The van der Waals surface area contributed by atoms with Gasteiger partial charge in [-0.3, -0.25) is 0 Å². The molecule has 118 valence electrons. The van der Waals surface area contributed by atoms with Crippen LogP contribution in [-0.2, 0) is 10.9 Å². The molecule has 1 N–H and O–H groups in total. The lowest BCUT2D eigenvalue weighted by atomic mass is 9.86. The predicted molar refractivity (Wildman–Crippen MR) is 71.4 cm³/mol. The third-order valence-electron chi connectivity index (χ3n) is 3.75. The molecule has 0 amide bonds. The van der Waals surface area contributed by atoms with Crippen LogP contribution in [-0.4, -0.2) is 19.8 Å². The molecule has 1 aromatic carbocycles. The second-order valence-corrected chi connectivity index (χ2v) is 5.24. The Morgan fingerprint density at radius 3 is 2.71 bits per heavy atom. The fraction of sp³-hybridized carbons (Fsp3) is 0.600. The van der Waals surface area contributed by atoms with Crippen molar-refractivity contribution in [1.29, 1.82) is 0 Å². The maximum absolute atomic E-state index is 13.5. The molecular weight excluding hydrogens is 286 g/mol. The van der Waals surface area contributed by atoms with Gasteiger partial charge in [0.25, 0.3) is 0 Å². The van der Waals surface area contributed by atoms with Crippen LogP contribution in [0.4, 0.5) is 17.6 Å². The van der Waals surface area contributed by atoms with Crippen molar-refractivity contribution < 1.29 is 22.3 Å². The third kappa shape index (κ3) is 3.95. The van der Waals surface area contributed by atoms with Crippen molar-refractivity contribution in [3.63, 3.8) is 0 Å². The molecule has 0 bridgehead atoms. The lowest BCUT2D eigenvalue weighted by molar-refractivity contribution is -0.138. The van der Waals surface area contributed by atoms with Crippen LogP contribution in [0.15, 0.2) is 18.2 Å². The van der Waals surface area contributed by atoms with Crippen LogP contribution in [0.5, 0.6) is 0 Å². The molecule has 1 fully saturated rings. The number of rotatable bonds is 4. The van der Waals surface area contributed by atoms with Gasteiger partial charge >= 0.3 is 6.18 Å². The van der Waals surface area contributed by atoms with E-state index in [0.29, 0.717) is 19.8 Å². The fourth-order valence-electron chi connectivity index (χ4n) is 2.83. The number of hydrogen-bond donors (Lipinski definition) is 1. The van der Waals surface area contributed by atoms with E-state index in [0.717, 1.165) is 31.0 Å². The second kappa shape index (κ2) is 6.75. The largest absolute Gasteiger partial charge is 0.416 e. The highest BCUT2D eigenvalue weighted by Crippen LogP contribution is 2.38. The van der Waals surface area contributed by atoms with Gasteiger partial charge < -0.3 is 10.1 Å². The molecule has 1 aliphatic heterocycles. The van der Waals surface area contributed by atoms with Gasteiger partial charge in [0.05, 0.1) is 12.2 Å². The maximum Gasteiger partial charge on any atom is 0.416 e. The van der Waals surface area contributed by atoms with Crippen molar-refractivity contribution in [2.45, 2.75) is 32.0 Å². The minimum Gasteiger partial charge on any atom is -0.381 e. The van der Waals surface area contributed by atoms with E-state index >= 15 is 0 Å². The topological polar surface area (TPSA) is 21.3 Å². The quantitative estimate of drug-likeness (QED) is 0.851. The summed E-state index contributed by atoms with van der Waals surface area (Å²) in [4.78, 5) is 0. The van der Waals surface area contributed by atoms with Crippen molar-refractivity contribution in [3.8, 4) is 0 Å². The van der Waals surface area contributed by atoms with Crippen LogP contribution >= 0.6 is 0 Å². The van der Waals surface area contributed by atoms with Gasteiger partial charge in [0.1, 0.15) is 5.82 Å². The Balaban J connectivity index is 2.40. The monoisotopic (exact) mass is 305 g/mol. The summed E-state index contributed by atoms with van der Waals surface area (Å²) < 4.78 is 58.3. The molecule has 1 heterocycles.